The number of carboxylic acid groups (broad SMARTS) is 1. The van der Waals surface area contributed by atoms with Crippen molar-refractivity contribution in [3.8, 4) is 0 Å². The van der Waals surface area contributed by atoms with E-state index < -0.39 is 24.0 Å². The number of benzene rings is 1. The van der Waals surface area contributed by atoms with Gasteiger partial charge in [0.2, 0.25) is 0 Å². The average Bonchev–Trinajstić information content (AvgIpc) is 2.45. The molecule has 0 aliphatic heterocycles. The molecule has 0 saturated carbocycles. The monoisotopic (exact) mass is 294 g/mol. The summed E-state index contributed by atoms with van der Waals surface area (Å²) in [5, 5.41) is 8.71. The lowest BCUT2D eigenvalue weighted by molar-refractivity contribution is -0.146. The zero-order valence-electron chi connectivity index (χ0n) is 12.1. The summed E-state index contributed by atoms with van der Waals surface area (Å²) in [5.41, 5.74) is 12.2. The van der Waals surface area contributed by atoms with E-state index in [0.29, 0.717) is 6.42 Å². The second-order valence-electron chi connectivity index (χ2n) is 5.21. The number of esters is 1. The predicted octanol–water partition coefficient (Wildman–Crippen LogP) is 0.538. The summed E-state index contributed by atoms with van der Waals surface area (Å²) in [7, 11) is 0. The van der Waals surface area contributed by atoms with Crippen LogP contribution in [0.4, 0.5) is 0 Å². The highest BCUT2D eigenvalue weighted by molar-refractivity contribution is 5.76. The molecule has 0 aromatic heterocycles. The first-order valence-electron chi connectivity index (χ1n) is 6.84. The van der Waals surface area contributed by atoms with Crippen molar-refractivity contribution < 1.29 is 19.4 Å². The lowest BCUT2D eigenvalue weighted by Gasteiger charge is -2.16. The number of carboxylic acids is 1. The van der Waals surface area contributed by atoms with E-state index in [9.17, 15) is 9.59 Å². The van der Waals surface area contributed by atoms with Crippen LogP contribution in [-0.4, -0.2) is 35.7 Å². The fourth-order valence-electron chi connectivity index (χ4n) is 1.89. The van der Waals surface area contributed by atoms with Gasteiger partial charge in [-0.3, -0.25) is 9.59 Å². The summed E-state index contributed by atoms with van der Waals surface area (Å²) < 4.78 is 5.11. The standard InChI is InChI=1S/C15H22N2O4/c1-10(7-12(16)14(18)19)9-21-15(20)13(17)8-11-5-3-2-4-6-11/h2-6,10,12-13H,7-9,16-17H2,1H3,(H,18,19). The molecule has 0 spiro atoms. The maximum absolute atomic E-state index is 11.8. The molecule has 21 heavy (non-hydrogen) atoms. The van der Waals surface area contributed by atoms with Gasteiger partial charge in [-0.05, 0) is 24.3 Å². The van der Waals surface area contributed by atoms with Crippen molar-refractivity contribution in [1.29, 1.82) is 0 Å². The van der Waals surface area contributed by atoms with Crippen molar-refractivity contribution in [3.63, 3.8) is 0 Å². The van der Waals surface area contributed by atoms with Gasteiger partial charge in [-0.1, -0.05) is 37.3 Å². The summed E-state index contributed by atoms with van der Waals surface area (Å²) in [6, 6.07) is 7.75. The molecule has 0 bridgehead atoms. The Kier molecular flexibility index (Phi) is 6.84. The molecule has 3 unspecified atom stereocenters. The van der Waals surface area contributed by atoms with E-state index in [1.165, 1.54) is 0 Å². The smallest absolute Gasteiger partial charge is 0.323 e. The second-order valence-corrected chi connectivity index (χ2v) is 5.21. The molecular weight excluding hydrogens is 272 g/mol. The fraction of sp³-hybridized carbons (Fsp3) is 0.467. The molecule has 0 amide bonds. The van der Waals surface area contributed by atoms with Crippen LogP contribution in [0.25, 0.3) is 0 Å². The van der Waals surface area contributed by atoms with Gasteiger partial charge < -0.3 is 21.3 Å². The minimum absolute atomic E-state index is 0.113. The van der Waals surface area contributed by atoms with Crippen molar-refractivity contribution in [1.82, 2.24) is 0 Å². The van der Waals surface area contributed by atoms with Crippen LogP contribution in [0.2, 0.25) is 0 Å². The Bertz CT molecular complexity index is 464. The van der Waals surface area contributed by atoms with Gasteiger partial charge in [0, 0.05) is 0 Å². The molecule has 0 radical (unpaired) electrons. The van der Waals surface area contributed by atoms with Crippen molar-refractivity contribution >= 4 is 11.9 Å². The van der Waals surface area contributed by atoms with E-state index in [2.05, 4.69) is 0 Å². The van der Waals surface area contributed by atoms with Crippen LogP contribution in [0.1, 0.15) is 18.9 Å². The summed E-state index contributed by atoms with van der Waals surface area (Å²) >= 11 is 0. The third-order valence-corrected chi connectivity index (χ3v) is 3.08. The van der Waals surface area contributed by atoms with Gasteiger partial charge in [-0.15, -0.1) is 0 Å². The Morgan fingerprint density at radius 1 is 1.19 bits per heavy atom. The van der Waals surface area contributed by atoms with E-state index in [0.717, 1.165) is 5.56 Å². The van der Waals surface area contributed by atoms with Crippen molar-refractivity contribution in [2.45, 2.75) is 31.8 Å². The predicted molar refractivity (Wildman–Crippen MR) is 78.5 cm³/mol. The molecule has 0 heterocycles. The van der Waals surface area contributed by atoms with Crippen molar-refractivity contribution in [2.24, 2.45) is 17.4 Å². The SMILES string of the molecule is CC(COC(=O)C(N)Cc1ccccc1)CC(N)C(=O)O. The quantitative estimate of drug-likeness (QED) is 0.603. The Labute approximate surface area is 124 Å². The summed E-state index contributed by atoms with van der Waals surface area (Å²) in [6.07, 6.45) is 0.652. The molecule has 1 aromatic rings. The maximum Gasteiger partial charge on any atom is 0.323 e. The molecule has 6 nitrogen and oxygen atoms in total. The van der Waals surface area contributed by atoms with Gasteiger partial charge in [0.1, 0.15) is 12.1 Å². The molecule has 0 saturated heterocycles. The zero-order chi connectivity index (χ0) is 15.8. The summed E-state index contributed by atoms with van der Waals surface area (Å²) in [5.74, 6) is -1.69. The lowest BCUT2D eigenvalue weighted by atomic mass is 10.0. The van der Waals surface area contributed by atoms with Crippen molar-refractivity contribution in [2.75, 3.05) is 6.61 Å². The van der Waals surface area contributed by atoms with E-state index >= 15 is 0 Å². The van der Waals surface area contributed by atoms with Crippen LogP contribution in [0.5, 0.6) is 0 Å². The summed E-state index contributed by atoms with van der Waals surface area (Å²) in [6.45, 7) is 1.89. The topological polar surface area (TPSA) is 116 Å². The molecule has 0 aliphatic rings. The van der Waals surface area contributed by atoms with Crippen LogP contribution in [0.15, 0.2) is 30.3 Å². The Balaban J connectivity index is 2.34. The molecule has 0 aliphatic carbocycles. The van der Waals surface area contributed by atoms with Crippen LogP contribution in [0, 0.1) is 5.92 Å². The molecule has 5 N–H and O–H groups in total. The number of hydrogen-bond acceptors (Lipinski definition) is 5. The average molecular weight is 294 g/mol. The first-order valence-corrected chi connectivity index (χ1v) is 6.84. The molecule has 1 aromatic carbocycles. The number of aliphatic carboxylic acids is 1. The first-order chi connectivity index (χ1) is 9.90. The third-order valence-electron chi connectivity index (χ3n) is 3.08. The number of carbonyl (C=O) groups excluding carboxylic acids is 1. The van der Waals surface area contributed by atoms with E-state index in [1.54, 1.807) is 6.92 Å². The number of carbonyl (C=O) groups is 2. The number of rotatable bonds is 8. The summed E-state index contributed by atoms with van der Waals surface area (Å²) in [4.78, 5) is 22.4. The third kappa shape index (κ3) is 6.37. The minimum Gasteiger partial charge on any atom is -0.480 e. The van der Waals surface area contributed by atoms with Crippen LogP contribution in [0.3, 0.4) is 0 Å². The highest BCUT2D eigenvalue weighted by Crippen LogP contribution is 2.07. The maximum atomic E-state index is 11.8. The zero-order valence-corrected chi connectivity index (χ0v) is 12.1. The van der Waals surface area contributed by atoms with E-state index in [1.807, 2.05) is 30.3 Å². The molecule has 3 atom stereocenters. The van der Waals surface area contributed by atoms with Crippen molar-refractivity contribution in [3.05, 3.63) is 35.9 Å². The molecular formula is C15H22N2O4. The molecule has 1 rings (SSSR count). The lowest BCUT2D eigenvalue weighted by Crippen LogP contribution is -2.36. The second kappa shape index (κ2) is 8.39. The van der Waals surface area contributed by atoms with E-state index in [4.69, 9.17) is 21.3 Å². The van der Waals surface area contributed by atoms with Gasteiger partial charge in [0.15, 0.2) is 0 Å². The minimum atomic E-state index is -1.06. The van der Waals surface area contributed by atoms with Crippen LogP contribution < -0.4 is 11.5 Å². The Morgan fingerprint density at radius 3 is 2.38 bits per heavy atom. The Hall–Kier alpha value is -1.92. The van der Waals surface area contributed by atoms with E-state index in [-0.39, 0.29) is 18.9 Å². The molecule has 0 fully saturated rings. The highest BCUT2D eigenvalue weighted by atomic mass is 16.5. The Morgan fingerprint density at radius 2 is 1.81 bits per heavy atom. The number of ether oxygens (including phenoxy) is 1. The molecule has 116 valence electrons. The van der Waals surface area contributed by atoms with Gasteiger partial charge in [-0.2, -0.15) is 0 Å². The fourth-order valence-corrected chi connectivity index (χ4v) is 1.89. The first kappa shape index (κ1) is 17.1. The van der Waals surface area contributed by atoms with Crippen LogP contribution in [-0.2, 0) is 20.7 Å². The number of hydrogen-bond donors (Lipinski definition) is 3. The normalized spacial score (nSPS) is 15.0. The van der Waals surface area contributed by atoms with Gasteiger partial charge >= 0.3 is 11.9 Å². The van der Waals surface area contributed by atoms with Crippen LogP contribution >= 0.6 is 0 Å². The largest absolute Gasteiger partial charge is 0.480 e. The highest BCUT2D eigenvalue weighted by Gasteiger charge is 2.19. The van der Waals surface area contributed by atoms with Gasteiger partial charge in [0.25, 0.3) is 0 Å². The number of nitrogens with two attached hydrogens (primary N) is 2. The molecule has 6 heteroatoms. The van der Waals surface area contributed by atoms with Gasteiger partial charge in [-0.25, -0.2) is 0 Å². The van der Waals surface area contributed by atoms with Gasteiger partial charge in [0.05, 0.1) is 6.61 Å².